The molecule has 1 fully saturated rings. The third-order valence-corrected chi connectivity index (χ3v) is 1.77. The Labute approximate surface area is 63.1 Å². The van der Waals surface area contributed by atoms with Gasteiger partial charge in [-0.3, -0.25) is 0 Å². The molecule has 1 heterocycles. The van der Waals surface area contributed by atoms with E-state index in [1.807, 2.05) is 0 Å². The van der Waals surface area contributed by atoms with Crippen molar-refractivity contribution in [2.24, 2.45) is 0 Å². The minimum absolute atomic E-state index is 0.437. The number of unbranched alkanes of at least 4 members (excludes halogenated alkanes) is 1. The molecule has 1 heteroatoms. The summed E-state index contributed by atoms with van der Waals surface area (Å²) in [4.78, 5) is 0. The van der Waals surface area contributed by atoms with Gasteiger partial charge in [0.15, 0.2) is 0 Å². The predicted octanol–water partition coefficient (Wildman–Crippen LogP) is 2.52. The predicted molar refractivity (Wildman–Crippen MR) is 43.0 cm³/mol. The highest BCUT2D eigenvalue weighted by Crippen LogP contribution is 2.12. The molecule has 0 N–H and O–H groups in total. The zero-order chi connectivity index (χ0) is 7.23. The van der Waals surface area contributed by atoms with E-state index in [4.69, 9.17) is 4.74 Å². The molecule has 1 saturated heterocycles. The maximum absolute atomic E-state index is 5.41. The Hall–Kier alpha value is -0.300. The Morgan fingerprint density at radius 2 is 2.50 bits per heavy atom. The second-order valence-electron chi connectivity index (χ2n) is 2.77. The summed E-state index contributed by atoms with van der Waals surface area (Å²) in [6.07, 6.45) is 9.77. The molecule has 0 spiro atoms. The number of hydrogen-bond donors (Lipinski definition) is 0. The fourth-order valence-corrected chi connectivity index (χ4v) is 1.17. The van der Waals surface area contributed by atoms with Gasteiger partial charge in [0, 0.05) is 6.61 Å². The zero-order valence-corrected chi connectivity index (χ0v) is 6.68. The molecular weight excluding hydrogens is 124 g/mol. The topological polar surface area (TPSA) is 9.23 Å². The molecule has 1 atom stereocenters. The van der Waals surface area contributed by atoms with Gasteiger partial charge in [0.05, 0.1) is 6.10 Å². The summed E-state index contributed by atoms with van der Waals surface area (Å²) < 4.78 is 5.41. The van der Waals surface area contributed by atoms with E-state index >= 15 is 0 Å². The van der Waals surface area contributed by atoms with Gasteiger partial charge in [-0.05, 0) is 19.3 Å². The Kier molecular flexibility index (Phi) is 3.52. The van der Waals surface area contributed by atoms with Crippen LogP contribution in [0.15, 0.2) is 12.2 Å². The maximum atomic E-state index is 5.41. The Morgan fingerprint density at radius 1 is 1.60 bits per heavy atom. The summed E-state index contributed by atoms with van der Waals surface area (Å²) in [7, 11) is 0. The van der Waals surface area contributed by atoms with Crippen molar-refractivity contribution < 1.29 is 4.74 Å². The van der Waals surface area contributed by atoms with Crippen LogP contribution in [0.4, 0.5) is 0 Å². The van der Waals surface area contributed by atoms with E-state index in [1.54, 1.807) is 0 Å². The molecule has 1 nitrogen and oxygen atoms in total. The maximum Gasteiger partial charge on any atom is 0.0756 e. The summed E-state index contributed by atoms with van der Waals surface area (Å²) in [5.74, 6) is 0. The first kappa shape index (κ1) is 7.80. The molecule has 0 aromatic rings. The second kappa shape index (κ2) is 4.51. The lowest BCUT2D eigenvalue weighted by atomic mass is 10.2. The van der Waals surface area contributed by atoms with Crippen molar-refractivity contribution in [3.8, 4) is 0 Å². The molecule has 0 aliphatic carbocycles. The number of allylic oxidation sites excluding steroid dienone is 1. The SMILES string of the molecule is CCC/C=C/[C@H]1CCCO1. The highest BCUT2D eigenvalue weighted by Gasteiger charge is 2.10. The third kappa shape index (κ3) is 2.53. The van der Waals surface area contributed by atoms with E-state index in [2.05, 4.69) is 19.1 Å². The molecular formula is C9H16O. The second-order valence-corrected chi connectivity index (χ2v) is 2.77. The number of hydrogen-bond acceptors (Lipinski definition) is 1. The molecule has 1 aliphatic heterocycles. The van der Waals surface area contributed by atoms with Gasteiger partial charge in [0.25, 0.3) is 0 Å². The smallest absolute Gasteiger partial charge is 0.0756 e. The van der Waals surface area contributed by atoms with Gasteiger partial charge < -0.3 is 4.74 Å². The van der Waals surface area contributed by atoms with Crippen molar-refractivity contribution in [3.05, 3.63) is 12.2 Å². The van der Waals surface area contributed by atoms with Crippen LogP contribution in [0.2, 0.25) is 0 Å². The zero-order valence-electron chi connectivity index (χ0n) is 6.68. The normalized spacial score (nSPS) is 26.3. The van der Waals surface area contributed by atoms with Gasteiger partial charge in [-0.2, -0.15) is 0 Å². The van der Waals surface area contributed by atoms with Gasteiger partial charge in [-0.1, -0.05) is 25.5 Å². The van der Waals surface area contributed by atoms with Crippen molar-refractivity contribution in [2.75, 3.05) is 6.61 Å². The minimum atomic E-state index is 0.437. The highest BCUT2D eigenvalue weighted by atomic mass is 16.5. The molecule has 10 heavy (non-hydrogen) atoms. The van der Waals surface area contributed by atoms with Gasteiger partial charge in [0.1, 0.15) is 0 Å². The molecule has 0 unspecified atom stereocenters. The number of rotatable bonds is 3. The molecule has 1 rings (SSSR count). The first-order valence-corrected chi connectivity index (χ1v) is 4.21. The molecule has 0 bridgehead atoms. The van der Waals surface area contributed by atoms with Crippen LogP contribution in [0.5, 0.6) is 0 Å². The Bertz CT molecular complexity index is 101. The van der Waals surface area contributed by atoms with E-state index in [9.17, 15) is 0 Å². The third-order valence-electron chi connectivity index (χ3n) is 1.77. The van der Waals surface area contributed by atoms with Crippen LogP contribution in [0.1, 0.15) is 32.6 Å². The summed E-state index contributed by atoms with van der Waals surface area (Å²) >= 11 is 0. The Balaban J connectivity index is 2.10. The van der Waals surface area contributed by atoms with Crippen LogP contribution in [-0.2, 0) is 4.74 Å². The lowest BCUT2D eigenvalue weighted by Gasteiger charge is -1.99. The van der Waals surface area contributed by atoms with Gasteiger partial charge >= 0.3 is 0 Å². The van der Waals surface area contributed by atoms with Crippen molar-refractivity contribution in [1.29, 1.82) is 0 Å². The quantitative estimate of drug-likeness (QED) is 0.547. The van der Waals surface area contributed by atoms with E-state index in [-0.39, 0.29) is 0 Å². The standard InChI is InChI=1S/C9H16O/c1-2-3-4-6-9-7-5-8-10-9/h4,6,9H,2-3,5,7-8H2,1H3/b6-4+/t9-/m0/s1. The van der Waals surface area contributed by atoms with Gasteiger partial charge in [-0.15, -0.1) is 0 Å². The summed E-state index contributed by atoms with van der Waals surface area (Å²) in [5, 5.41) is 0. The molecule has 0 amide bonds. The fourth-order valence-electron chi connectivity index (χ4n) is 1.17. The molecule has 58 valence electrons. The lowest BCUT2D eigenvalue weighted by molar-refractivity contribution is 0.145. The van der Waals surface area contributed by atoms with E-state index in [1.165, 1.54) is 25.7 Å². The highest BCUT2D eigenvalue weighted by molar-refractivity contribution is 4.91. The molecule has 1 aliphatic rings. The molecule has 0 radical (unpaired) electrons. The summed E-state index contributed by atoms with van der Waals surface area (Å²) in [6, 6.07) is 0. The van der Waals surface area contributed by atoms with Crippen LogP contribution in [0.3, 0.4) is 0 Å². The minimum Gasteiger partial charge on any atom is -0.374 e. The molecule has 0 saturated carbocycles. The average Bonchev–Trinajstić information content (AvgIpc) is 2.41. The molecule has 0 aromatic heterocycles. The van der Waals surface area contributed by atoms with Gasteiger partial charge in [-0.25, -0.2) is 0 Å². The van der Waals surface area contributed by atoms with Crippen molar-refractivity contribution in [2.45, 2.75) is 38.7 Å². The van der Waals surface area contributed by atoms with Crippen LogP contribution in [0, 0.1) is 0 Å². The van der Waals surface area contributed by atoms with E-state index in [0.717, 1.165) is 6.61 Å². The summed E-state index contributed by atoms with van der Waals surface area (Å²) in [5.41, 5.74) is 0. The summed E-state index contributed by atoms with van der Waals surface area (Å²) in [6.45, 7) is 3.15. The van der Waals surface area contributed by atoms with E-state index < -0.39 is 0 Å². The van der Waals surface area contributed by atoms with Crippen LogP contribution in [0.25, 0.3) is 0 Å². The lowest BCUT2D eigenvalue weighted by Crippen LogP contribution is -1.98. The van der Waals surface area contributed by atoms with Crippen LogP contribution < -0.4 is 0 Å². The largest absolute Gasteiger partial charge is 0.374 e. The molecule has 0 aromatic carbocycles. The number of ether oxygens (including phenoxy) is 1. The fraction of sp³-hybridized carbons (Fsp3) is 0.778. The van der Waals surface area contributed by atoms with Crippen LogP contribution in [-0.4, -0.2) is 12.7 Å². The van der Waals surface area contributed by atoms with Crippen molar-refractivity contribution >= 4 is 0 Å². The average molecular weight is 140 g/mol. The van der Waals surface area contributed by atoms with Gasteiger partial charge in [0.2, 0.25) is 0 Å². The first-order chi connectivity index (χ1) is 4.93. The first-order valence-electron chi connectivity index (χ1n) is 4.21. The Morgan fingerprint density at radius 3 is 3.10 bits per heavy atom. The van der Waals surface area contributed by atoms with Crippen LogP contribution >= 0.6 is 0 Å². The monoisotopic (exact) mass is 140 g/mol. The van der Waals surface area contributed by atoms with E-state index in [0.29, 0.717) is 6.10 Å². The van der Waals surface area contributed by atoms with Crippen molar-refractivity contribution in [1.82, 2.24) is 0 Å². The van der Waals surface area contributed by atoms with Crippen molar-refractivity contribution in [3.63, 3.8) is 0 Å².